The van der Waals surface area contributed by atoms with Gasteiger partial charge in [0.15, 0.2) is 5.75 Å². The molecule has 0 bridgehead atoms. The van der Waals surface area contributed by atoms with Gasteiger partial charge in [-0.25, -0.2) is 4.98 Å². The first-order chi connectivity index (χ1) is 16.1. The van der Waals surface area contributed by atoms with Crippen LogP contribution in [0.4, 0.5) is 0 Å². The number of hydrogen-bond donors (Lipinski definition) is 2. The monoisotopic (exact) mass is 438 g/mol. The fourth-order valence-corrected chi connectivity index (χ4v) is 3.70. The van der Waals surface area contributed by atoms with E-state index in [2.05, 4.69) is 16.9 Å². The summed E-state index contributed by atoms with van der Waals surface area (Å²) in [7, 11) is 0. The largest absolute Gasteiger partial charge is 0.505 e. The topological polar surface area (TPSA) is 88.5 Å². The molecule has 6 heteroatoms. The number of aromatic nitrogens is 1. The molecule has 1 atom stereocenters. The van der Waals surface area contributed by atoms with E-state index in [1.807, 2.05) is 66.7 Å². The van der Waals surface area contributed by atoms with E-state index in [0.717, 1.165) is 11.8 Å². The number of hydrogen-bond acceptors (Lipinski definition) is 5. The molecule has 0 spiro atoms. The molecule has 2 N–H and O–H groups in total. The molecule has 0 aliphatic heterocycles. The van der Waals surface area contributed by atoms with Gasteiger partial charge in [-0.05, 0) is 11.6 Å². The van der Waals surface area contributed by atoms with E-state index in [1.165, 1.54) is 0 Å². The molecule has 33 heavy (non-hydrogen) atoms. The third kappa shape index (κ3) is 4.75. The average Bonchev–Trinajstić information content (AvgIpc) is 2.84. The van der Waals surface area contributed by atoms with E-state index in [9.17, 15) is 14.7 Å². The van der Waals surface area contributed by atoms with E-state index in [0.29, 0.717) is 22.2 Å². The van der Waals surface area contributed by atoms with Gasteiger partial charge in [0.2, 0.25) is 0 Å². The number of nitrogens with zero attached hydrogens (tertiary/aromatic N) is 1. The van der Waals surface area contributed by atoms with E-state index < -0.39 is 17.9 Å². The zero-order valence-electron chi connectivity index (χ0n) is 17.8. The number of fused-ring (bicyclic) bond motifs is 1. The third-order valence-corrected chi connectivity index (χ3v) is 5.23. The molecule has 0 unspecified atom stereocenters. The van der Waals surface area contributed by atoms with Gasteiger partial charge >= 0.3 is 5.97 Å². The van der Waals surface area contributed by atoms with Crippen LogP contribution in [0.15, 0.2) is 97.8 Å². The summed E-state index contributed by atoms with van der Waals surface area (Å²) < 4.78 is 4.87. The lowest BCUT2D eigenvalue weighted by atomic mass is 9.99. The molecule has 0 radical (unpaired) electrons. The second-order valence-corrected chi connectivity index (χ2v) is 7.36. The highest BCUT2D eigenvalue weighted by Gasteiger charge is 2.25. The Morgan fingerprint density at radius 3 is 2.30 bits per heavy atom. The summed E-state index contributed by atoms with van der Waals surface area (Å²) in [5, 5.41) is 14.5. The highest BCUT2D eigenvalue weighted by atomic mass is 16.5. The number of aromatic hydroxyl groups is 1. The number of carbonyl (C=O) groups is 2. The summed E-state index contributed by atoms with van der Waals surface area (Å²) in [5.41, 5.74) is 2.39. The second-order valence-electron chi connectivity index (χ2n) is 7.36. The normalized spacial score (nSPS) is 11.5. The van der Waals surface area contributed by atoms with E-state index >= 15 is 0 Å². The Labute approximate surface area is 191 Å². The van der Waals surface area contributed by atoms with Gasteiger partial charge in [0.05, 0.1) is 29.8 Å². The maximum absolute atomic E-state index is 13.5. The Kier molecular flexibility index (Phi) is 6.45. The predicted molar refractivity (Wildman–Crippen MR) is 126 cm³/mol. The molecule has 0 fully saturated rings. The maximum atomic E-state index is 13.5. The van der Waals surface area contributed by atoms with Crippen LogP contribution in [0, 0.1) is 0 Å². The number of rotatable bonds is 7. The molecule has 164 valence electrons. The van der Waals surface area contributed by atoms with Crippen LogP contribution in [0.3, 0.4) is 0 Å². The quantitative estimate of drug-likeness (QED) is 0.308. The van der Waals surface area contributed by atoms with Crippen molar-refractivity contribution >= 4 is 22.8 Å². The number of carbonyl (C=O) groups excluding carboxylic acids is 2. The minimum atomic E-state index is -0.669. The number of ether oxygens (including phenoxy) is 1. The first-order valence-corrected chi connectivity index (χ1v) is 10.4. The lowest BCUT2D eigenvalue weighted by Gasteiger charge is -2.20. The number of pyridine rings is 1. The molecule has 3 aromatic carbocycles. The number of esters is 1. The molecule has 0 saturated heterocycles. The summed E-state index contributed by atoms with van der Waals surface area (Å²) in [5.74, 6) is -1.28. The van der Waals surface area contributed by atoms with E-state index in [-0.39, 0.29) is 17.7 Å². The van der Waals surface area contributed by atoms with Crippen molar-refractivity contribution in [2.75, 3.05) is 0 Å². The van der Waals surface area contributed by atoms with Gasteiger partial charge in [-0.3, -0.25) is 9.59 Å². The van der Waals surface area contributed by atoms with Gasteiger partial charge in [-0.15, -0.1) is 0 Å². The van der Waals surface area contributed by atoms with Crippen LogP contribution in [0.5, 0.6) is 5.75 Å². The summed E-state index contributed by atoms with van der Waals surface area (Å²) in [6.45, 7) is 3.40. The molecule has 4 rings (SSSR count). The molecule has 0 saturated carbocycles. The van der Waals surface area contributed by atoms with E-state index in [1.54, 1.807) is 18.2 Å². The van der Waals surface area contributed by atoms with Crippen molar-refractivity contribution in [2.45, 2.75) is 12.5 Å². The zero-order chi connectivity index (χ0) is 23.2. The lowest BCUT2D eigenvalue weighted by Crippen LogP contribution is -2.30. The van der Waals surface area contributed by atoms with Crippen molar-refractivity contribution in [3.63, 3.8) is 0 Å². The van der Waals surface area contributed by atoms with Gasteiger partial charge in [-0.1, -0.05) is 85.4 Å². The summed E-state index contributed by atoms with van der Waals surface area (Å²) in [6, 6.07) is 24.7. The predicted octanol–water partition coefficient (Wildman–Crippen LogP) is 5.16. The number of amides is 1. The molecule has 6 nitrogen and oxygen atoms in total. The molecular weight excluding hydrogens is 416 g/mol. The third-order valence-electron chi connectivity index (χ3n) is 5.23. The lowest BCUT2D eigenvalue weighted by molar-refractivity contribution is -0.138. The highest BCUT2D eigenvalue weighted by Crippen LogP contribution is 2.35. The molecular formula is C27H22N2O4. The Hall–Kier alpha value is -4.45. The number of nitrogens with one attached hydrogen (secondary N) is 1. The van der Waals surface area contributed by atoms with Gasteiger partial charge in [0, 0.05) is 10.9 Å². The van der Waals surface area contributed by atoms with Gasteiger partial charge in [0.1, 0.15) is 5.69 Å². The van der Waals surface area contributed by atoms with Crippen LogP contribution in [0.2, 0.25) is 0 Å². The first-order valence-electron chi connectivity index (χ1n) is 10.4. The summed E-state index contributed by atoms with van der Waals surface area (Å²) >= 11 is 0. The molecule has 0 aliphatic carbocycles. The van der Waals surface area contributed by atoms with Crippen molar-refractivity contribution in [3.05, 3.63) is 109 Å². The Balaban J connectivity index is 1.78. The summed E-state index contributed by atoms with van der Waals surface area (Å²) in [4.78, 5) is 30.3. The van der Waals surface area contributed by atoms with Gasteiger partial charge < -0.3 is 15.2 Å². The summed E-state index contributed by atoms with van der Waals surface area (Å²) in [6.07, 6.45) is 0.956. The SMILES string of the molecule is C=COC(=O)C[C@H](NC(=O)c1c(O)c(-c2ccccc2)nc2ccccc12)c1ccccc1. The molecule has 4 aromatic rings. The van der Waals surface area contributed by atoms with Crippen molar-refractivity contribution in [2.24, 2.45) is 0 Å². The highest BCUT2D eigenvalue weighted by molar-refractivity contribution is 6.10. The standard InChI is InChI=1S/C27H22N2O4/c1-2-33-23(30)17-22(18-11-5-3-6-12-18)29-27(32)24-20-15-9-10-16-21(20)28-25(26(24)31)19-13-7-4-8-14-19/h2-16,22,31H,1,17H2,(H,29,32)/t22-/m0/s1. The van der Waals surface area contributed by atoms with Crippen LogP contribution in [0.1, 0.15) is 28.4 Å². The van der Waals surface area contributed by atoms with Crippen molar-refractivity contribution in [3.8, 4) is 17.0 Å². The van der Waals surface area contributed by atoms with E-state index in [4.69, 9.17) is 4.74 Å². The average molecular weight is 438 g/mol. The van der Waals surface area contributed by atoms with Gasteiger partial charge in [0.25, 0.3) is 5.91 Å². The fourth-order valence-electron chi connectivity index (χ4n) is 3.70. The minimum absolute atomic E-state index is 0.0949. The Morgan fingerprint density at radius 2 is 1.61 bits per heavy atom. The van der Waals surface area contributed by atoms with Gasteiger partial charge in [-0.2, -0.15) is 0 Å². The molecule has 1 heterocycles. The Morgan fingerprint density at radius 1 is 0.970 bits per heavy atom. The van der Waals surface area contributed by atoms with Crippen molar-refractivity contribution in [1.29, 1.82) is 0 Å². The minimum Gasteiger partial charge on any atom is -0.505 e. The second kappa shape index (κ2) is 9.78. The van der Waals surface area contributed by atoms with Crippen LogP contribution in [-0.2, 0) is 9.53 Å². The molecule has 0 aliphatic rings. The Bertz CT molecular complexity index is 1300. The fraction of sp³-hybridized carbons (Fsp3) is 0.0741. The van der Waals surface area contributed by atoms with Crippen molar-refractivity contribution in [1.82, 2.24) is 10.3 Å². The van der Waals surface area contributed by atoms with Crippen LogP contribution < -0.4 is 5.32 Å². The van der Waals surface area contributed by atoms with Crippen LogP contribution >= 0.6 is 0 Å². The van der Waals surface area contributed by atoms with Crippen LogP contribution in [-0.4, -0.2) is 22.0 Å². The van der Waals surface area contributed by atoms with Crippen LogP contribution in [0.25, 0.3) is 22.2 Å². The number of benzene rings is 3. The van der Waals surface area contributed by atoms with Crippen molar-refractivity contribution < 1.29 is 19.4 Å². The maximum Gasteiger partial charge on any atom is 0.313 e. The smallest absolute Gasteiger partial charge is 0.313 e. The molecule has 1 aromatic heterocycles. The molecule has 1 amide bonds. The first kappa shape index (κ1) is 21.8. The zero-order valence-corrected chi connectivity index (χ0v) is 17.8. The number of para-hydroxylation sites is 1.